The Labute approximate surface area is 121 Å². The van der Waals surface area contributed by atoms with Gasteiger partial charge in [0, 0.05) is 12.1 Å². The van der Waals surface area contributed by atoms with Crippen LogP contribution in [0.5, 0.6) is 5.75 Å². The molecule has 1 aliphatic heterocycles. The zero-order chi connectivity index (χ0) is 14.4. The van der Waals surface area contributed by atoms with Crippen LogP contribution in [0.15, 0.2) is 18.2 Å². The Bertz CT molecular complexity index is 493. The highest BCUT2D eigenvalue weighted by Crippen LogP contribution is 2.22. The van der Waals surface area contributed by atoms with Crippen LogP contribution < -0.4 is 4.74 Å². The third-order valence-corrected chi connectivity index (χ3v) is 3.88. The summed E-state index contributed by atoms with van der Waals surface area (Å²) >= 11 is 0. The molecule has 1 N–H and O–H groups in total. The van der Waals surface area contributed by atoms with Crippen LogP contribution in [0.4, 0.5) is 0 Å². The van der Waals surface area contributed by atoms with Gasteiger partial charge in [0.15, 0.2) is 0 Å². The number of aliphatic hydroxyl groups excluding tert-OH is 1. The van der Waals surface area contributed by atoms with E-state index in [4.69, 9.17) is 9.84 Å². The van der Waals surface area contributed by atoms with Crippen molar-refractivity contribution in [1.29, 1.82) is 0 Å². The van der Waals surface area contributed by atoms with E-state index >= 15 is 0 Å². The largest absolute Gasteiger partial charge is 0.497 e. The molecule has 0 amide bonds. The second-order valence-electron chi connectivity index (χ2n) is 5.44. The molecule has 1 aliphatic rings. The molecule has 2 rings (SSSR count). The lowest BCUT2D eigenvalue weighted by Gasteiger charge is -2.30. The maximum absolute atomic E-state index is 8.86. The minimum atomic E-state index is -0.104. The molecule has 0 spiro atoms. The standard InChI is InChI=1S/C17H23NO2/c1-14-7-9-18(10-8-14)13-16-12-17(20-2)6-5-15(16)4-3-11-19/h5-6,12,14,19H,7-11,13H2,1-2H3. The van der Waals surface area contributed by atoms with Crippen LogP contribution in [0, 0.1) is 17.8 Å². The number of piperidine rings is 1. The molecule has 0 aliphatic carbocycles. The van der Waals surface area contributed by atoms with Gasteiger partial charge in [0.25, 0.3) is 0 Å². The molecule has 1 aromatic rings. The van der Waals surface area contributed by atoms with E-state index in [0.29, 0.717) is 0 Å². The molecule has 3 nitrogen and oxygen atoms in total. The average Bonchev–Trinajstić information content (AvgIpc) is 2.48. The molecule has 20 heavy (non-hydrogen) atoms. The van der Waals surface area contributed by atoms with E-state index in [1.54, 1.807) is 7.11 Å². The summed E-state index contributed by atoms with van der Waals surface area (Å²) in [4.78, 5) is 2.47. The van der Waals surface area contributed by atoms with Gasteiger partial charge in [0.1, 0.15) is 12.4 Å². The highest BCUT2D eigenvalue weighted by Gasteiger charge is 2.16. The quantitative estimate of drug-likeness (QED) is 0.858. The number of hydrogen-bond acceptors (Lipinski definition) is 3. The highest BCUT2D eigenvalue weighted by molar-refractivity contribution is 5.45. The van der Waals surface area contributed by atoms with Crippen molar-refractivity contribution < 1.29 is 9.84 Å². The van der Waals surface area contributed by atoms with Gasteiger partial charge >= 0.3 is 0 Å². The first-order valence-electron chi connectivity index (χ1n) is 7.22. The van der Waals surface area contributed by atoms with Crippen molar-refractivity contribution in [2.75, 3.05) is 26.8 Å². The Morgan fingerprint density at radius 1 is 1.35 bits per heavy atom. The Morgan fingerprint density at radius 3 is 2.75 bits per heavy atom. The van der Waals surface area contributed by atoms with E-state index in [9.17, 15) is 0 Å². The van der Waals surface area contributed by atoms with Gasteiger partial charge in [-0.15, -0.1) is 0 Å². The first-order valence-corrected chi connectivity index (χ1v) is 7.22. The fraction of sp³-hybridized carbons (Fsp3) is 0.529. The first-order chi connectivity index (χ1) is 9.72. The van der Waals surface area contributed by atoms with Gasteiger partial charge in [0.05, 0.1) is 7.11 Å². The van der Waals surface area contributed by atoms with Gasteiger partial charge in [-0.1, -0.05) is 18.8 Å². The van der Waals surface area contributed by atoms with Crippen molar-refractivity contribution in [3.05, 3.63) is 29.3 Å². The molecule has 0 aromatic heterocycles. The summed E-state index contributed by atoms with van der Waals surface area (Å²) in [5.74, 6) is 7.46. The van der Waals surface area contributed by atoms with E-state index in [1.165, 1.54) is 18.4 Å². The lowest BCUT2D eigenvalue weighted by molar-refractivity contribution is 0.185. The summed E-state index contributed by atoms with van der Waals surface area (Å²) < 4.78 is 5.30. The Kier molecular flexibility index (Phi) is 5.46. The van der Waals surface area contributed by atoms with Gasteiger partial charge in [0.2, 0.25) is 0 Å². The number of rotatable bonds is 3. The lowest BCUT2D eigenvalue weighted by atomic mass is 9.98. The predicted octanol–water partition coefficient (Wildman–Crippen LogP) is 2.27. The first kappa shape index (κ1) is 14.9. The van der Waals surface area contributed by atoms with Crippen LogP contribution in [-0.2, 0) is 6.54 Å². The fourth-order valence-electron chi connectivity index (χ4n) is 2.55. The Balaban J connectivity index is 2.15. The van der Waals surface area contributed by atoms with Crippen LogP contribution >= 0.6 is 0 Å². The fourth-order valence-corrected chi connectivity index (χ4v) is 2.55. The van der Waals surface area contributed by atoms with Crippen molar-refractivity contribution in [3.8, 4) is 17.6 Å². The lowest BCUT2D eigenvalue weighted by Crippen LogP contribution is -2.32. The van der Waals surface area contributed by atoms with Gasteiger partial charge in [-0.05, 0) is 55.6 Å². The van der Waals surface area contributed by atoms with E-state index in [-0.39, 0.29) is 6.61 Å². The molecule has 0 radical (unpaired) electrons. The van der Waals surface area contributed by atoms with Gasteiger partial charge in [-0.25, -0.2) is 0 Å². The van der Waals surface area contributed by atoms with Crippen molar-refractivity contribution in [2.45, 2.75) is 26.3 Å². The van der Waals surface area contributed by atoms with Crippen LogP contribution in [0.25, 0.3) is 0 Å². The maximum atomic E-state index is 8.86. The smallest absolute Gasteiger partial charge is 0.119 e. The summed E-state index contributed by atoms with van der Waals surface area (Å²) in [7, 11) is 1.68. The molecule has 0 saturated carbocycles. The minimum Gasteiger partial charge on any atom is -0.497 e. The minimum absolute atomic E-state index is 0.104. The molecule has 1 saturated heterocycles. The molecule has 108 valence electrons. The topological polar surface area (TPSA) is 32.7 Å². The van der Waals surface area contributed by atoms with E-state index < -0.39 is 0 Å². The van der Waals surface area contributed by atoms with Crippen LogP contribution in [-0.4, -0.2) is 36.8 Å². The molecule has 0 bridgehead atoms. The molecule has 0 atom stereocenters. The SMILES string of the molecule is COc1ccc(C#CCO)c(CN2CCC(C)CC2)c1. The molecule has 1 fully saturated rings. The molecular formula is C17H23NO2. The Morgan fingerprint density at radius 2 is 2.10 bits per heavy atom. The predicted molar refractivity (Wildman–Crippen MR) is 80.6 cm³/mol. The molecule has 3 heteroatoms. The summed E-state index contributed by atoms with van der Waals surface area (Å²) in [6.45, 7) is 5.41. The van der Waals surface area contributed by atoms with Gasteiger partial charge in [-0.3, -0.25) is 4.90 Å². The second-order valence-corrected chi connectivity index (χ2v) is 5.44. The summed E-state index contributed by atoms with van der Waals surface area (Å²) in [6, 6.07) is 5.95. The van der Waals surface area contributed by atoms with Crippen LogP contribution in [0.2, 0.25) is 0 Å². The average molecular weight is 273 g/mol. The maximum Gasteiger partial charge on any atom is 0.119 e. The van der Waals surface area contributed by atoms with Gasteiger partial charge < -0.3 is 9.84 Å². The molecule has 0 unspecified atom stereocenters. The molecular weight excluding hydrogens is 250 g/mol. The van der Waals surface area contributed by atoms with Gasteiger partial charge in [-0.2, -0.15) is 0 Å². The second kappa shape index (κ2) is 7.33. The number of aliphatic hydroxyl groups is 1. The number of benzene rings is 1. The monoisotopic (exact) mass is 273 g/mol. The van der Waals surface area contributed by atoms with Crippen molar-refractivity contribution in [2.24, 2.45) is 5.92 Å². The van der Waals surface area contributed by atoms with Crippen molar-refractivity contribution in [3.63, 3.8) is 0 Å². The summed E-state index contributed by atoms with van der Waals surface area (Å²) in [5, 5.41) is 8.86. The third kappa shape index (κ3) is 4.00. The molecule has 1 heterocycles. The third-order valence-electron chi connectivity index (χ3n) is 3.88. The zero-order valence-electron chi connectivity index (χ0n) is 12.4. The normalized spacial score (nSPS) is 16.6. The van der Waals surface area contributed by atoms with E-state index in [2.05, 4.69) is 29.7 Å². The summed E-state index contributed by atoms with van der Waals surface area (Å²) in [5.41, 5.74) is 2.17. The van der Waals surface area contributed by atoms with Crippen molar-refractivity contribution >= 4 is 0 Å². The number of hydrogen-bond donors (Lipinski definition) is 1. The highest BCUT2D eigenvalue weighted by atomic mass is 16.5. The number of nitrogens with zero attached hydrogens (tertiary/aromatic N) is 1. The molecule has 1 aromatic carbocycles. The van der Waals surface area contributed by atoms with E-state index in [0.717, 1.165) is 36.9 Å². The van der Waals surface area contributed by atoms with Crippen LogP contribution in [0.1, 0.15) is 30.9 Å². The van der Waals surface area contributed by atoms with E-state index in [1.807, 2.05) is 12.1 Å². The van der Waals surface area contributed by atoms with Crippen LogP contribution in [0.3, 0.4) is 0 Å². The van der Waals surface area contributed by atoms with Crippen molar-refractivity contribution in [1.82, 2.24) is 4.90 Å². The number of likely N-dealkylation sites (tertiary alicyclic amines) is 1. The number of ether oxygens (including phenoxy) is 1. The number of methoxy groups -OCH3 is 1. The Hall–Kier alpha value is -1.50. The zero-order valence-corrected chi connectivity index (χ0v) is 12.4. The summed E-state index contributed by atoms with van der Waals surface area (Å²) in [6.07, 6.45) is 2.53.